The number of carbonyl (C=O) groups is 1. The molecule has 8 heteroatoms. The van der Waals surface area contributed by atoms with Gasteiger partial charge in [0.25, 0.3) is 0 Å². The number of rotatable bonds is 7. The van der Waals surface area contributed by atoms with E-state index in [1.807, 2.05) is 0 Å². The largest absolute Gasteiger partial charge is 0.477 e. The molecular weight excluding hydrogens is 316 g/mol. The van der Waals surface area contributed by atoms with Crippen LogP contribution in [0.3, 0.4) is 0 Å². The van der Waals surface area contributed by atoms with Gasteiger partial charge in [-0.2, -0.15) is 0 Å². The van der Waals surface area contributed by atoms with Gasteiger partial charge in [-0.3, -0.25) is 0 Å². The van der Waals surface area contributed by atoms with E-state index in [1.165, 1.54) is 0 Å². The summed E-state index contributed by atoms with van der Waals surface area (Å²) in [6.07, 6.45) is 0. The molecule has 0 aliphatic heterocycles. The first-order chi connectivity index (χ1) is 11.5. The number of aliphatic hydroxyl groups excluding tert-OH is 4. The molecule has 2 rings (SSSR count). The maximum Gasteiger partial charge on any atom is 0.352 e. The topological polar surface area (TPSA) is 160 Å². The number of carboxylic acid groups (broad SMARTS) is 1. The van der Waals surface area contributed by atoms with Crippen LogP contribution in [-0.4, -0.2) is 36.5 Å². The highest BCUT2D eigenvalue weighted by Gasteiger charge is 2.24. The third-order valence-electron chi connectivity index (χ3n) is 4.04. The average Bonchev–Trinajstić information content (AvgIpc) is 2.98. The molecule has 0 atom stereocenters. The summed E-state index contributed by atoms with van der Waals surface area (Å²) in [7, 11) is 0. The van der Waals surface area contributed by atoms with Gasteiger partial charge in [0.2, 0.25) is 0 Å². The molecule has 0 unspecified atom stereocenters. The van der Waals surface area contributed by atoms with Crippen molar-refractivity contribution in [3.05, 3.63) is 45.8 Å². The number of benzene rings is 1. The van der Waals surface area contributed by atoms with Crippen LogP contribution in [0.2, 0.25) is 0 Å². The van der Waals surface area contributed by atoms with Crippen molar-refractivity contribution in [1.29, 1.82) is 0 Å². The predicted octanol–water partition coefficient (Wildman–Crippen LogP) is -0.192. The Balaban J connectivity index is 2.83. The van der Waals surface area contributed by atoms with Crippen molar-refractivity contribution in [2.75, 3.05) is 0 Å². The number of aromatic amines is 1. The lowest BCUT2D eigenvalue weighted by Gasteiger charge is -2.17. The standard InChI is InChI=1S/C16H20N2O6/c17-3-13-14(12(7-22)15(18-13)16(23)24)9-2-1-8(4-19)10(5-20)11(9)6-21/h1-2,18-22H,3-7,17H2,(H,23,24). The minimum atomic E-state index is -1.24. The monoisotopic (exact) mass is 336 g/mol. The molecule has 8 N–H and O–H groups in total. The quantitative estimate of drug-likeness (QED) is 0.369. The Labute approximate surface area is 137 Å². The molecule has 2 aromatic rings. The number of hydrogen-bond acceptors (Lipinski definition) is 6. The third kappa shape index (κ3) is 2.93. The maximum absolute atomic E-state index is 11.4. The van der Waals surface area contributed by atoms with Crippen LogP contribution in [0.15, 0.2) is 12.1 Å². The Morgan fingerprint density at radius 1 is 0.958 bits per heavy atom. The minimum Gasteiger partial charge on any atom is -0.477 e. The third-order valence-corrected chi connectivity index (χ3v) is 4.04. The number of hydrogen-bond donors (Lipinski definition) is 7. The number of nitrogens with two attached hydrogens (primary N) is 1. The van der Waals surface area contributed by atoms with E-state index in [-0.39, 0.29) is 24.4 Å². The van der Waals surface area contributed by atoms with Crippen LogP contribution in [0.25, 0.3) is 11.1 Å². The minimum absolute atomic E-state index is 0.00328. The Kier molecular flexibility index (Phi) is 5.71. The molecule has 0 fully saturated rings. The summed E-state index contributed by atoms with van der Waals surface area (Å²) < 4.78 is 0. The molecule has 0 aliphatic carbocycles. The van der Waals surface area contributed by atoms with Gasteiger partial charge in [0.05, 0.1) is 26.4 Å². The van der Waals surface area contributed by atoms with E-state index in [2.05, 4.69) is 4.98 Å². The summed E-state index contributed by atoms with van der Waals surface area (Å²) in [4.78, 5) is 14.1. The van der Waals surface area contributed by atoms with Crippen LogP contribution in [0.5, 0.6) is 0 Å². The molecule has 0 radical (unpaired) electrons. The first kappa shape index (κ1) is 18.1. The number of carboxylic acids is 1. The van der Waals surface area contributed by atoms with Gasteiger partial charge < -0.3 is 36.3 Å². The Hall–Kier alpha value is -2.23. The number of aromatic nitrogens is 1. The van der Waals surface area contributed by atoms with E-state index >= 15 is 0 Å². The van der Waals surface area contributed by atoms with Crippen molar-refractivity contribution in [3.8, 4) is 11.1 Å². The molecular formula is C16H20N2O6. The average molecular weight is 336 g/mol. The predicted molar refractivity (Wildman–Crippen MR) is 84.8 cm³/mol. The summed E-state index contributed by atoms with van der Waals surface area (Å²) in [5.41, 5.74) is 8.07. The molecule has 130 valence electrons. The first-order valence-electron chi connectivity index (χ1n) is 7.28. The fourth-order valence-corrected chi connectivity index (χ4v) is 2.92. The maximum atomic E-state index is 11.4. The van der Waals surface area contributed by atoms with E-state index in [0.29, 0.717) is 33.5 Å². The highest BCUT2D eigenvalue weighted by molar-refractivity contribution is 5.92. The van der Waals surface area contributed by atoms with E-state index < -0.39 is 25.8 Å². The van der Waals surface area contributed by atoms with Crippen molar-refractivity contribution in [1.82, 2.24) is 4.98 Å². The molecule has 1 aromatic carbocycles. The number of nitrogens with one attached hydrogen (secondary N) is 1. The number of H-pyrrole nitrogens is 1. The molecule has 1 heterocycles. The zero-order chi connectivity index (χ0) is 17.9. The summed E-state index contributed by atoms with van der Waals surface area (Å²) in [5.74, 6) is -1.24. The second kappa shape index (κ2) is 7.56. The van der Waals surface area contributed by atoms with Crippen LogP contribution in [-0.2, 0) is 33.0 Å². The SMILES string of the molecule is NCc1[nH]c(C(=O)O)c(CO)c1-c1ccc(CO)c(CO)c1CO. The summed E-state index contributed by atoms with van der Waals surface area (Å²) in [5, 5.41) is 47.6. The van der Waals surface area contributed by atoms with Crippen molar-refractivity contribution < 1.29 is 30.3 Å². The van der Waals surface area contributed by atoms with Gasteiger partial charge in [-0.15, -0.1) is 0 Å². The molecule has 0 amide bonds. The van der Waals surface area contributed by atoms with Crippen LogP contribution >= 0.6 is 0 Å². The lowest BCUT2D eigenvalue weighted by molar-refractivity contribution is 0.0687. The van der Waals surface area contributed by atoms with Crippen LogP contribution in [0.1, 0.15) is 38.4 Å². The zero-order valence-electron chi connectivity index (χ0n) is 12.9. The summed E-state index contributed by atoms with van der Waals surface area (Å²) in [6.45, 7) is -1.68. The van der Waals surface area contributed by atoms with Crippen molar-refractivity contribution in [2.24, 2.45) is 5.73 Å². The normalized spacial score (nSPS) is 11.0. The van der Waals surface area contributed by atoms with Gasteiger partial charge in [-0.25, -0.2) is 4.79 Å². The van der Waals surface area contributed by atoms with E-state index in [0.717, 1.165) is 0 Å². The summed E-state index contributed by atoms with van der Waals surface area (Å²) >= 11 is 0. The van der Waals surface area contributed by atoms with Crippen molar-refractivity contribution in [2.45, 2.75) is 33.0 Å². The van der Waals surface area contributed by atoms with Gasteiger partial charge in [0.1, 0.15) is 5.69 Å². The second-order valence-corrected chi connectivity index (χ2v) is 5.20. The number of aromatic carboxylic acids is 1. The molecule has 1 aromatic heterocycles. The summed E-state index contributed by atoms with van der Waals surface area (Å²) in [6, 6.07) is 3.18. The lowest BCUT2D eigenvalue weighted by Crippen LogP contribution is -2.06. The van der Waals surface area contributed by atoms with E-state index in [9.17, 15) is 30.3 Å². The van der Waals surface area contributed by atoms with Crippen molar-refractivity contribution in [3.63, 3.8) is 0 Å². The first-order valence-corrected chi connectivity index (χ1v) is 7.28. The van der Waals surface area contributed by atoms with Gasteiger partial charge in [0.15, 0.2) is 0 Å². The fraction of sp³-hybridized carbons (Fsp3) is 0.312. The zero-order valence-corrected chi connectivity index (χ0v) is 12.9. The lowest BCUT2D eigenvalue weighted by atomic mass is 9.90. The fourth-order valence-electron chi connectivity index (χ4n) is 2.92. The molecule has 0 spiro atoms. The molecule has 0 aliphatic rings. The molecule has 0 saturated heterocycles. The Morgan fingerprint density at radius 2 is 1.58 bits per heavy atom. The van der Waals surface area contributed by atoms with Crippen LogP contribution in [0, 0.1) is 0 Å². The highest BCUT2D eigenvalue weighted by atomic mass is 16.4. The highest BCUT2D eigenvalue weighted by Crippen LogP contribution is 2.35. The Morgan fingerprint density at radius 3 is 2.04 bits per heavy atom. The van der Waals surface area contributed by atoms with E-state index in [4.69, 9.17) is 5.73 Å². The van der Waals surface area contributed by atoms with Gasteiger partial charge in [-0.1, -0.05) is 12.1 Å². The van der Waals surface area contributed by atoms with Crippen LogP contribution in [0.4, 0.5) is 0 Å². The second-order valence-electron chi connectivity index (χ2n) is 5.20. The molecule has 24 heavy (non-hydrogen) atoms. The van der Waals surface area contributed by atoms with Gasteiger partial charge in [-0.05, 0) is 22.3 Å². The smallest absolute Gasteiger partial charge is 0.352 e. The number of aliphatic hydroxyl groups is 4. The van der Waals surface area contributed by atoms with Crippen LogP contribution < -0.4 is 5.73 Å². The molecule has 8 nitrogen and oxygen atoms in total. The molecule has 0 saturated carbocycles. The van der Waals surface area contributed by atoms with Gasteiger partial charge >= 0.3 is 5.97 Å². The van der Waals surface area contributed by atoms with Gasteiger partial charge in [0, 0.05) is 23.4 Å². The molecule has 0 bridgehead atoms. The van der Waals surface area contributed by atoms with E-state index in [1.54, 1.807) is 12.1 Å². The Bertz CT molecular complexity index is 754. The van der Waals surface area contributed by atoms with Crippen molar-refractivity contribution >= 4 is 5.97 Å².